The van der Waals surface area contributed by atoms with Crippen molar-refractivity contribution in [1.82, 2.24) is 5.32 Å². The van der Waals surface area contributed by atoms with Gasteiger partial charge in [0.2, 0.25) is 5.91 Å². The fraction of sp³-hybridized carbons (Fsp3) is 0.533. The van der Waals surface area contributed by atoms with Gasteiger partial charge in [0.25, 0.3) is 0 Å². The number of benzene rings is 1. The van der Waals surface area contributed by atoms with Gasteiger partial charge in [-0.15, -0.1) is 11.8 Å². The predicted molar refractivity (Wildman–Crippen MR) is 85.5 cm³/mol. The largest absolute Gasteiger partial charge is 0.379 e. The molecular weight excluding hydrogens is 294 g/mol. The van der Waals surface area contributed by atoms with Crippen LogP contribution in [0.3, 0.4) is 0 Å². The smallest absolute Gasteiger partial charge is 0.233 e. The summed E-state index contributed by atoms with van der Waals surface area (Å²) < 4.78 is 5.42. The maximum Gasteiger partial charge on any atom is 0.233 e. The first-order chi connectivity index (χ1) is 9.49. The van der Waals surface area contributed by atoms with Crippen molar-refractivity contribution in [2.45, 2.75) is 43.4 Å². The molecule has 3 nitrogen and oxygen atoms in total. The number of ether oxygens (including phenoxy) is 1. The first-order valence-electron chi connectivity index (χ1n) is 6.80. The van der Waals surface area contributed by atoms with E-state index in [4.69, 9.17) is 16.3 Å². The van der Waals surface area contributed by atoms with Gasteiger partial charge in [-0.05, 0) is 51.5 Å². The predicted octanol–water partition coefficient (Wildman–Crippen LogP) is 3.75. The van der Waals surface area contributed by atoms with E-state index < -0.39 is 0 Å². The van der Waals surface area contributed by atoms with Crippen LogP contribution in [-0.4, -0.2) is 30.4 Å². The molecule has 0 spiro atoms. The van der Waals surface area contributed by atoms with Crippen LogP contribution in [0.4, 0.5) is 0 Å². The van der Waals surface area contributed by atoms with Crippen molar-refractivity contribution < 1.29 is 9.53 Å². The molecule has 1 aromatic carbocycles. The minimum atomic E-state index is -0.123. The molecule has 0 saturated heterocycles. The van der Waals surface area contributed by atoms with E-state index in [0.717, 1.165) is 11.3 Å². The van der Waals surface area contributed by atoms with E-state index >= 15 is 0 Å². The molecule has 0 fully saturated rings. The monoisotopic (exact) mass is 315 g/mol. The van der Waals surface area contributed by atoms with Crippen LogP contribution in [0.15, 0.2) is 29.2 Å². The molecule has 112 valence electrons. The Bertz CT molecular complexity index is 409. The average Bonchev–Trinajstić information content (AvgIpc) is 2.40. The summed E-state index contributed by atoms with van der Waals surface area (Å²) in [6, 6.07) is 7.51. The normalized spacial score (nSPS) is 12.4. The maximum atomic E-state index is 11.9. The number of rotatable bonds is 8. The van der Waals surface area contributed by atoms with Crippen LogP contribution in [0.5, 0.6) is 0 Å². The van der Waals surface area contributed by atoms with Gasteiger partial charge in [-0.3, -0.25) is 4.79 Å². The molecule has 5 heteroatoms. The summed E-state index contributed by atoms with van der Waals surface area (Å²) in [5, 5.41) is 3.50. The number of amides is 1. The van der Waals surface area contributed by atoms with Crippen LogP contribution >= 0.6 is 23.4 Å². The SMILES string of the molecule is CC(C)OCCCNC(=O)[C@H](C)Sc1ccc(Cl)cc1. The standard InChI is InChI=1S/C15H22ClNO2S/c1-11(2)19-10-4-9-17-15(18)12(3)20-14-7-5-13(16)6-8-14/h5-8,11-12H,4,9-10H2,1-3H3,(H,17,18)/t12-/m0/s1. The van der Waals surface area contributed by atoms with Crippen LogP contribution < -0.4 is 5.32 Å². The van der Waals surface area contributed by atoms with Gasteiger partial charge in [0.1, 0.15) is 0 Å². The average molecular weight is 316 g/mol. The lowest BCUT2D eigenvalue weighted by Gasteiger charge is -2.12. The summed E-state index contributed by atoms with van der Waals surface area (Å²) in [7, 11) is 0. The minimum Gasteiger partial charge on any atom is -0.379 e. The molecule has 1 N–H and O–H groups in total. The topological polar surface area (TPSA) is 38.3 Å². The Kier molecular flexibility index (Phi) is 8.04. The van der Waals surface area contributed by atoms with E-state index in [0.29, 0.717) is 18.2 Å². The zero-order valence-electron chi connectivity index (χ0n) is 12.2. The molecule has 0 bridgehead atoms. The van der Waals surface area contributed by atoms with E-state index in [-0.39, 0.29) is 17.3 Å². The quantitative estimate of drug-likeness (QED) is 0.586. The summed E-state index contributed by atoms with van der Waals surface area (Å²) in [6.07, 6.45) is 1.08. The maximum absolute atomic E-state index is 11.9. The van der Waals surface area contributed by atoms with Gasteiger partial charge >= 0.3 is 0 Å². The van der Waals surface area contributed by atoms with E-state index in [2.05, 4.69) is 5.32 Å². The summed E-state index contributed by atoms with van der Waals surface area (Å²) in [5.74, 6) is 0.0505. The number of nitrogens with one attached hydrogen (secondary N) is 1. The third-order valence-electron chi connectivity index (χ3n) is 2.57. The Hall–Kier alpha value is -0.710. The second-order valence-corrected chi connectivity index (χ2v) is 6.63. The lowest BCUT2D eigenvalue weighted by molar-refractivity contribution is -0.120. The highest BCUT2D eigenvalue weighted by molar-refractivity contribution is 8.00. The molecule has 0 aromatic heterocycles. The third-order valence-corrected chi connectivity index (χ3v) is 3.93. The summed E-state index contributed by atoms with van der Waals surface area (Å²) in [6.45, 7) is 7.24. The fourth-order valence-corrected chi connectivity index (χ4v) is 2.54. The van der Waals surface area contributed by atoms with Crippen molar-refractivity contribution in [3.63, 3.8) is 0 Å². The molecular formula is C15H22ClNO2S. The first kappa shape index (κ1) is 17.3. The molecule has 0 radical (unpaired) electrons. The molecule has 0 aliphatic rings. The van der Waals surface area contributed by atoms with Crippen molar-refractivity contribution in [2.75, 3.05) is 13.2 Å². The van der Waals surface area contributed by atoms with Crippen molar-refractivity contribution >= 4 is 29.3 Å². The lowest BCUT2D eigenvalue weighted by atomic mass is 10.4. The fourth-order valence-electron chi connectivity index (χ4n) is 1.52. The van der Waals surface area contributed by atoms with Crippen molar-refractivity contribution in [1.29, 1.82) is 0 Å². The number of carbonyl (C=O) groups excluding carboxylic acids is 1. The molecule has 1 atom stereocenters. The van der Waals surface area contributed by atoms with E-state index in [1.165, 1.54) is 11.8 Å². The van der Waals surface area contributed by atoms with E-state index in [1.807, 2.05) is 45.0 Å². The van der Waals surface area contributed by atoms with Crippen molar-refractivity contribution in [3.05, 3.63) is 29.3 Å². The molecule has 1 rings (SSSR count). The Morgan fingerprint density at radius 2 is 1.95 bits per heavy atom. The van der Waals surface area contributed by atoms with Gasteiger partial charge in [0.05, 0.1) is 11.4 Å². The van der Waals surface area contributed by atoms with Crippen LogP contribution in [0, 0.1) is 0 Å². The summed E-state index contributed by atoms with van der Waals surface area (Å²) >= 11 is 7.36. The van der Waals surface area contributed by atoms with Gasteiger partial charge in [-0.25, -0.2) is 0 Å². The molecule has 0 aliphatic carbocycles. The Morgan fingerprint density at radius 3 is 2.55 bits per heavy atom. The molecule has 1 amide bonds. The summed E-state index contributed by atoms with van der Waals surface area (Å²) in [5.41, 5.74) is 0. The zero-order chi connectivity index (χ0) is 15.0. The molecule has 0 heterocycles. The Labute approximate surface area is 130 Å². The number of halogens is 1. The highest BCUT2D eigenvalue weighted by Crippen LogP contribution is 2.24. The number of thioether (sulfide) groups is 1. The van der Waals surface area contributed by atoms with Gasteiger partial charge in [-0.1, -0.05) is 11.6 Å². The molecule has 0 aliphatic heterocycles. The van der Waals surface area contributed by atoms with Crippen LogP contribution in [0.1, 0.15) is 27.2 Å². The second-order valence-electron chi connectivity index (χ2n) is 4.78. The second kappa shape index (κ2) is 9.27. The number of carbonyl (C=O) groups is 1. The van der Waals surface area contributed by atoms with Crippen LogP contribution in [-0.2, 0) is 9.53 Å². The number of hydrogen-bond donors (Lipinski definition) is 1. The molecule has 20 heavy (non-hydrogen) atoms. The Morgan fingerprint density at radius 1 is 1.30 bits per heavy atom. The van der Waals surface area contributed by atoms with Crippen molar-refractivity contribution in [2.24, 2.45) is 0 Å². The van der Waals surface area contributed by atoms with Gasteiger partial charge in [0, 0.05) is 23.1 Å². The van der Waals surface area contributed by atoms with Gasteiger partial charge in [0.15, 0.2) is 0 Å². The highest BCUT2D eigenvalue weighted by Gasteiger charge is 2.13. The van der Waals surface area contributed by atoms with Gasteiger partial charge in [-0.2, -0.15) is 0 Å². The first-order valence-corrected chi connectivity index (χ1v) is 8.06. The molecule has 0 unspecified atom stereocenters. The lowest BCUT2D eigenvalue weighted by Crippen LogP contribution is -2.32. The van der Waals surface area contributed by atoms with Crippen LogP contribution in [0.25, 0.3) is 0 Å². The molecule has 0 saturated carbocycles. The highest BCUT2D eigenvalue weighted by atomic mass is 35.5. The third kappa shape index (κ3) is 7.17. The van der Waals surface area contributed by atoms with E-state index in [1.54, 1.807) is 0 Å². The Balaban J connectivity index is 2.23. The number of hydrogen-bond acceptors (Lipinski definition) is 3. The molecule has 1 aromatic rings. The van der Waals surface area contributed by atoms with Gasteiger partial charge < -0.3 is 10.1 Å². The summed E-state index contributed by atoms with van der Waals surface area (Å²) in [4.78, 5) is 13.0. The van der Waals surface area contributed by atoms with Crippen LogP contribution in [0.2, 0.25) is 5.02 Å². The van der Waals surface area contributed by atoms with Crippen molar-refractivity contribution in [3.8, 4) is 0 Å². The van der Waals surface area contributed by atoms with E-state index in [9.17, 15) is 4.79 Å². The zero-order valence-corrected chi connectivity index (χ0v) is 13.8. The minimum absolute atomic E-state index is 0.0505.